The standard InChI is InChI=1S/C12H21NO4/c1-9(2)5-7-13-8-6-10(17-12(13)16)3-4-11(14)15/h9-10H,3-8H2,1-2H3,(H,14,15). The molecule has 0 saturated carbocycles. The molecule has 0 radical (unpaired) electrons. The maximum Gasteiger partial charge on any atom is 0.410 e. The Bertz CT molecular complexity index is 278. The Kier molecular flexibility index (Phi) is 5.25. The summed E-state index contributed by atoms with van der Waals surface area (Å²) in [4.78, 5) is 23.7. The molecular weight excluding hydrogens is 222 g/mol. The van der Waals surface area contributed by atoms with Gasteiger partial charge < -0.3 is 14.7 Å². The van der Waals surface area contributed by atoms with Gasteiger partial charge in [0.2, 0.25) is 0 Å². The van der Waals surface area contributed by atoms with Gasteiger partial charge in [0.15, 0.2) is 0 Å². The fourth-order valence-electron chi connectivity index (χ4n) is 1.77. The van der Waals surface area contributed by atoms with Crippen LogP contribution in [-0.4, -0.2) is 41.3 Å². The lowest BCUT2D eigenvalue weighted by Gasteiger charge is -2.32. The third-order valence-electron chi connectivity index (χ3n) is 2.90. The smallest absolute Gasteiger partial charge is 0.410 e. The lowest BCUT2D eigenvalue weighted by Crippen LogP contribution is -2.42. The van der Waals surface area contributed by atoms with E-state index < -0.39 is 5.97 Å². The monoisotopic (exact) mass is 243 g/mol. The first-order valence-corrected chi connectivity index (χ1v) is 6.16. The Morgan fingerprint density at radius 1 is 1.59 bits per heavy atom. The molecule has 5 nitrogen and oxygen atoms in total. The number of carbonyl (C=O) groups excluding carboxylic acids is 1. The van der Waals surface area contributed by atoms with Crippen molar-refractivity contribution in [3.63, 3.8) is 0 Å². The van der Waals surface area contributed by atoms with Crippen LogP contribution in [-0.2, 0) is 9.53 Å². The first kappa shape index (κ1) is 13.8. The molecule has 98 valence electrons. The number of carbonyl (C=O) groups is 2. The third-order valence-corrected chi connectivity index (χ3v) is 2.90. The summed E-state index contributed by atoms with van der Waals surface area (Å²) in [6, 6.07) is 0. The summed E-state index contributed by atoms with van der Waals surface area (Å²) in [6.45, 7) is 5.63. The average molecular weight is 243 g/mol. The zero-order valence-corrected chi connectivity index (χ0v) is 10.5. The van der Waals surface area contributed by atoms with Crippen LogP contribution in [0.3, 0.4) is 0 Å². The molecule has 1 atom stereocenters. The predicted octanol–water partition coefficient (Wildman–Crippen LogP) is 2.11. The minimum absolute atomic E-state index is 0.0595. The Hall–Kier alpha value is -1.26. The minimum atomic E-state index is -0.844. The summed E-state index contributed by atoms with van der Waals surface area (Å²) in [5.41, 5.74) is 0. The van der Waals surface area contributed by atoms with Crippen molar-refractivity contribution in [3.05, 3.63) is 0 Å². The lowest BCUT2D eigenvalue weighted by molar-refractivity contribution is -0.137. The normalized spacial score (nSPS) is 20.5. The fraction of sp³-hybridized carbons (Fsp3) is 0.833. The molecule has 1 aliphatic heterocycles. The number of nitrogens with zero attached hydrogens (tertiary/aromatic N) is 1. The van der Waals surface area contributed by atoms with E-state index in [9.17, 15) is 9.59 Å². The molecule has 5 heteroatoms. The highest BCUT2D eigenvalue weighted by atomic mass is 16.6. The molecule has 1 rings (SSSR count). The number of aliphatic carboxylic acids is 1. The summed E-state index contributed by atoms with van der Waals surface area (Å²) in [6.07, 6.45) is 1.65. The number of hydrogen-bond donors (Lipinski definition) is 1. The fourth-order valence-corrected chi connectivity index (χ4v) is 1.77. The summed E-state index contributed by atoms with van der Waals surface area (Å²) in [5, 5.41) is 8.56. The molecule has 1 amide bonds. The van der Waals surface area contributed by atoms with Crippen molar-refractivity contribution in [1.29, 1.82) is 0 Å². The molecule has 1 N–H and O–H groups in total. The van der Waals surface area contributed by atoms with Crippen LogP contribution in [0.2, 0.25) is 0 Å². The maximum absolute atomic E-state index is 11.6. The first-order valence-electron chi connectivity index (χ1n) is 6.16. The molecule has 1 saturated heterocycles. The second-order valence-electron chi connectivity index (χ2n) is 4.90. The highest BCUT2D eigenvalue weighted by Crippen LogP contribution is 2.17. The molecule has 17 heavy (non-hydrogen) atoms. The average Bonchev–Trinajstić information content (AvgIpc) is 2.24. The predicted molar refractivity (Wildman–Crippen MR) is 62.8 cm³/mol. The second kappa shape index (κ2) is 6.47. The van der Waals surface area contributed by atoms with Crippen molar-refractivity contribution in [3.8, 4) is 0 Å². The largest absolute Gasteiger partial charge is 0.481 e. The van der Waals surface area contributed by atoms with Gasteiger partial charge in [-0.3, -0.25) is 4.79 Å². The van der Waals surface area contributed by atoms with Crippen LogP contribution in [0.1, 0.15) is 39.5 Å². The van der Waals surface area contributed by atoms with Crippen molar-refractivity contribution >= 4 is 12.1 Å². The van der Waals surface area contributed by atoms with E-state index in [0.717, 1.165) is 19.4 Å². The topological polar surface area (TPSA) is 66.8 Å². The Labute approximate surface area is 102 Å². The van der Waals surface area contributed by atoms with Gasteiger partial charge in [-0.25, -0.2) is 4.79 Å². The van der Waals surface area contributed by atoms with Crippen molar-refractivity contribution in [1.82, 2.24) is 4.90 Å². The van der Waals surface area contributed by atoms with Crippen LogP contribution in [0, 0.1) is 5.92 Å². The van der Waals surface area contributed by atoms with Gasteiger partial charge in [-0.2, -0.15) is 0 Å². The number of rotatable bonds is 6. The van der Waals surface area contributed by atoms with Crippen LogP contribution in [0.25, 0.3) is 0 Å². The molecule has 1 heterocycles. The third kappa shape index (κ3) is 5.06. The summed E-state index contributed by atoms with van der Waals surface area (Å²) in [7, 11) is 0. The van der Waals surface area contributed by atoms with Crippen molar-refractivity contribution in [2.24, 2.45) is 5.92 Å². The van der Waals surface area contributed by atoms with Gasteiger partial charge in [0.05, 0.1) is 0 Å². The first-order chi connectivity index (χ1) is 7.99. The SMILES string of the molecule is CC(C)CCN1CCC(CCC(=O)O)OC1=O. The number of cyclic esters (lactones) is 1. The van der Waals surface area contributed by atoms with Crippen molar-refractivity contribution in [2.75, 3.05) is 13.1 Å². The van der Waals surface area contributed by atoms with Crippen LogP contribution >= 0.6 is 0 Å². The van der Waals surface area contributed by atoms with Crippen LogP contribution in [0.5, 0.6) is 0 Å². The van der Waals surface area contributed by atoms with E-state index >= 15 is 0 Å². The summed E-state index contributed by atoms with van der Waals surface area (Å²) >= 11 is 0. The van der Waals surface area contributed by atoms with Gasteiger partial charge in [0, 0.05) is 25.9 Å². The van der Waals surface area contributed by atoms with E-state index in [-0.39, 0.29) is 18.6 Å². The Morgan fingerprint density at radius 2 is 2.29 bits per heavy atom. The van der Waals surface area contributed by atoms with Gasteiger partial charge >= 0.3 is 12.1 Å². The van der Waals surface area contributed by atoms with Gasteiger partial charge in [0.1, 0.15) is 6.10 Å². The number of amides is 1. The van der Waals surface area contributed by atoms with E-state index in [1.807, 2.05) is 0 Å². The zero-order chi connectivity index (χ0) is 12.8. The van der Waals surface area contributed by atoms with Crippen molar-refractivity contribution < 1.29 is 19.4 Å². The Morgan fingerprint density at radius 3 is 2.82 bits per heavy atom. The zero-order valence-electron chi connectivity index (χ0n) is 10.5. The molecular formula is C12H21NO4. The maximum atomic E-state index is 11.6. The van der Waals surface area contributed by atoms with Crippen LogP contribution < -0.4 is 0 Å². The quantitative estimate of drug-likeness (QED) is 0.775. The van der Waals surface area contributed by atoms with Crippen LogP contribution in [0.15, 0.2) is 0 Å². The Balaban J connectivity index is 2.29. The lowest BCUT2D eigenvalue weighted by atomic mass is 10.1. The molecule has 1 unspecified atom stereocenters. The molecule has 0 aromatic carbocycles. The van der Waals surface area contributed by atoms with Gasteiger partial charge in [-0.05, 0) is 18.8 Å². The number of ether oxygens (including phenoxy) is 1. The number of carboxylic acid groups (broad SMARTS) is 1. The number of hydrogen-bond acceptors (Lipinski definition) is 3. The summed E-state index contributed by atoms with van der Waals surface area (Å²) < 4.78 is 5.21. The van der Waals surface area contributed by atoms with E-state index in [4.69, 9.17) is 9.84 Å². The molecule has 0 bridgehead atoms. The number of carboxylic acids is 1. The van der Waals surface area contributed by atoms with Gasteiger partial charge in [-0.15, -0.1) is 0 Å². The minimum Gasteiger partial charge on any atom is -0.481 e. The highest BCUT2D eigenvalue weighted by molar-refractivity contribution is 5.69. The van der Waals surface area contributed by atoms with Gasteiger partial charge in [0.25, 0.3) is 0 Å². The highest BCUT2D eigenvalue weighted by Gasteiger charge is 2.26. The van der Waals surface area contributed by atoms with E-state index in [1.54, 1.807) is 4.90 Å². The molecule has 1 fully saturated rings. The van der Waals surface area contributed by atoms with Gasteiger partial charge in [-0.1, -0.05) is 13.8 Å². The van der Waals surface area contributed by atoms with E-state index in [1.165, 1.54) is 0 Å². The molecule has 1 aliphatic rings. The van der Waals surface area contributed by atoms with Crippen LogP contribution in [0.4, 0.5) is 4.79 Å². The van der Waals surface area contributed by atoms with Crippen molar-refractivity contribution in [2.45, 2.75) is 45.6 Å². The molecule has 0 aromatic heterocycles. The molecule has 0 aliphatic carbocycles. The van der Waals surface area contributed by atoms with E-state index in [2.05, 4.69) is 13.8 Å². The molecule has 0 spiro atoms. The molecule has 0 aromatic rings. The second-order valence-corrected chi connectivity index (χ2v) is 4.90. The summed E-state index contributed by atoms with van der Waals surface area (Å²) in [5.74, 6) is -0.282. The van der Waals surface area contributed by atoms with E-state index in [0.29, 0.717) is 18.9 Å².